The maximum absolute atomic E-state index is 12.8. The van der Waals surface area contributed by atoms with Crippen LogP contribution >= 0.6 is 0 Å². The number of carboxylic acid groups (broad SMARTS) is 1. The Morgan fingerprint density at radius 2 is 1.81 bits per heavy atom. The Morgan fingerprint density at radius 3 is 2.30 bits per heavy atom. The normalized spacial score (nSPS) is 17.8. The van der Waals surface area contributed by atoms with Crippen LogP contribution in [0.2, 0.25) is 0 Å². The lowest BCUT2D eigenvalue weighted by molar-refractivity contribution is -0.385. The summed E-state index contributed by atoms with van der Waals surface area (Å²) in [5.74, 6) is -2.76. The van der Waals surface area contributed by atoms with E-state index in [0.29, 0.717) is 25.0 Å². The van der Waals surface area contributed by atoms with Crippen LogP contribution in [0.25, 0.3) is 0 Å². The molecule has 10 heteroatoms. The topological polar surface area (TPSA) is 110 Å². The Bertz CT molecular complexity index is 759. The second kappa shape index (κ2) is 7.53. The Kier molecular flexibility index (Phi) is 5.76. The minimum Gasteiger partial charge on any atom is -0.480 e. The Labute approximate surface area is 152 Å². The summed E-state index contributed by atoms with van der Waals surface area (Å²) in [5.41, 5.74) is -4.58. The fraction of sp³-hybridized carbons (Fsp3) is 0.529. The molecule has 1 atom stereocenters. The van der Waals surface area contributed by atoms with E-state index in [-0.39, 0.29) is 12.0 Å². The van der Waals surface area contributed by atoms with E-state index in [4.69, 9.17) is 0 Å². The lowest BCUT2D eigenvalue weighted by atomic mass is 9.75. The van der Waals surface area contributed by atoms with Gasteiger partial charge in [-0.2, -0.15) is 13.2 Å². The van der Waals surface area contributed by atoms with E-state index in [2.05, 4.69) is 5.32 Å². The first kappa shape index (κ1) is 20.7. The van der Waals surface area contributed by atoms with Crippen molar-refractivity contribution in [2.24, 2.45) is 5.92 Å². The summed E-state index contributed by atoms with van der Waals surface area (Å²) in [6.07, 6.45) is -1.13. The Balaban J connectivity index is 2.38. The molecule has 0 bridgehead atoms. The van der Waals surface area contributed by atoms with Crippen LogP contribution in [0.5, 0.6) is 0 Å². The Hall–Kier alpha value is -2.65. The predicted molar refractivity (Wildman–Crippen MR) is 88.2 cm³/mol. The molecule has 0 saturated heterocycles. The highest BCUT2D eigenvalue weighted by Gasteiger charge is 2.44. The zero-order valence-electron chi connectivity index (χ0n) is 14.5. The number of rotatable bonds is 5. The number of carbonyl (C=O) groups is 2. The van der Waals surface area contributed by atoms with Gasteiger partial charge in [0.15, 0.2) is 0 Å². The summed E-state index contributed by atoms with van der Waals surface area (Å²) in [6, 6.07) is 1.52. The van der Waals surface area contributed by atoms with Crippen molar-refractivity contribution in [3.8, 4) is 0 Å². The second-order valence-electron chi connectivity index (χ2n) is 6.78. The van der Waals surface area contributed by atoms with Crippen LogP contribution in [-0.4, -0.2) is 27.4 Å². The molecular formula is C17H19F3N2O5. The third kappa shape index (κ3) is 4.37. The molecule has 0 aromatic heterocycles. The van der Waals surface area contributed by atoms with Crippen LogP contribution in [-0.2, 0) is 11.0 Å². The molecule has 2 N–H and O–H groups in total. The molecule has 1 saturated carbocycles. The predicted octanol–water partition coefficient (Wildman–Crippen LogP) is 3.77. The van der Waals surface area contributed by atoms with E-state index in [1.807, 2.05) is 0 Å². The molecule has 1 amide bonds. The van der Waals surface area contributed by atoms with Crippen molar-refractivity contribution < 1.29 is 32.8 Å². The monoisotopic (exact) mass is 388 g/mol. The number of carbonyl (C=O) groups excluding carboxylic acids is 1. The smallest absolute Gasteiger partial charge is 0.416 e. The molecule has 2 rings (SSSR count). The van der Waals surface area contributed by atoms with Gasteiger partial charge in [-0.1, -0.05) is 19.3 Å². The van der Waals surface area contributed by atoms with E-state index < -0.39 is 45.3 Å². The first-order chi connectivity index (χ1) is 12.5. The number of hydrogen-bond donors (Lipinski definition) is 2. The van der Waals surface area contributed by atoms with E-state index in [1.54, 1.807) is 0 Å². The van der Waals surface area contributed by atoms with Crippen molar-refractivity contribution in [3.63, 3.8) is 0 Å². The summed E-state index contributed by atoms with van der Waals surface area (Å²) in [6.45, 7) is 1.32. The van der Waals surface area contributed by atoms with Crippen LogP contribution < -0.4 is 5.32 Å². The minimum atomic E-state index is -4.81. The standard InChI is InChI=1S/C17H19F3N2O5/c1-16(15(24)25,10-5-3-2-4-6-10)21-14(23)12-8-7-11(17(18,19)20)9-13(12)22(26)27/h7-10H,2-6H2,1H3,(H,21,23)(H,24,25)/t16-/m0/s1. The fourth-order valence-electron chi connectivity index (χ4n) is 3.36. The van der Waals surface area contributed by atoms with E-state index in [0.717, 1.165) is 19.3 Å². The number of carboxylic acids is 1. The van der Waals surface area contributed by atoms with Gasteiger partial charge in [-0.05, 0) is 37.8 Å². The van der Waals surface area contributed by atoms with Crippen LogP contribution in [0.1, 0.15) is 54.9 Å². The molecule has 7 nitrogen and oxygen atoms in total. The first-order valence-corrected chi connectivity index (χ1v) is 8.38. The SMILES string of the molecule is C[C@@](NC(=O)c1ccc(C(F)(F)F)cc1[N+](=O)[O-])(C(=O)O)C1CCCCC1. The van der Waals surface area contributed by atoms with Crippen molar-refractivity contribution in [2.45, 2.75) is 50.7 Å². The quantitative estimate of drug-likeness (QED) is 0.589. The zero-order valence-corrected chi connectivity index (χ0v) is 14.5. The number of halogens is 3. The fourth-order valence-corrected chi connectivity index (χ4v) is 3.36. The van der Waals surface area contributed by atoms with Gasteiger partial charge in [0.25, 0.3) is 11.6 Å². The van der Waals surface area contributed by atoms with Gasteiger partial charge < -0.3 is 10.4 Å². The molecule has 1 aromatic carbocycles. The number of amides is 1. The van der Waals surface area contributed by atoms with Crippen molar-refractivity contribution in [1.82, 2.24) is 5.32 Å². The van der Waals surface area contributed by atoms with Gasteiger partial charge in [0.2, 0.25) is 0 Å². The molecule has 148 valence electrons. The van der Waals surface area contributed by atoms with Crippen molar-refractivity contribution >= 4 is 17.6 Å². The van der Waals surface area contributed by atoms with Crippen molar-refractivity contribution in [3.05, 3.63) is 39.4 Å². The number of nitro benzene ring substituents is 1. The third-order valence-corrected chi connectivity index (χ3v) is 5.01. The molecule has 1 fully saturated rings. The number of hydrogen-bond acceptors (Lipinski definition) is 4. The van der Waals surface area contributed by atoms with Gasteiger partial charge in [0.05, 0.1) is 10.5 Å². The molecule has 1 aliphatic carbocycles. The molecule has 0 aliphatic heterocycles. The zero-order chi connectivity index (χ0) is 20.4. The number of aliphatic carboxylic acids is 1. The average Bonchev–Trinajstić information content (AvgIpc) is 2.60. The summed E-state index contributed by atoms with van der Waals surface area (Å²) in [5, 5.41) is 23.1. The van der Waals surface area contributed by atoms with E-state index in [1.165, 1.54) is 6.92 Å². The summed E-state index contributed by atoms with van der Waals surface area (Å²) in [4.78, 5) is 34.4. The first-order valence-electron chi connectivity index (χ1n) is 8.38. The van der Waals surface area contributed by atoms with Gasteiger partial charge in [-0.3, -0.25) is 14.9 Å². The number of nitrogens with one attached hydrogen (secondary N) is 1. The van der Waals surface area contributed by atoms with Gasteiger partial charge in [-0.15, -0.1) is 0 Å². The summed E-state index contributed by atoms with van der Waals surface area (Å²) in [7, 11) is 0. The summed E-state index contributed by atoms with van der Waals surface area (Å²) >= 11 is 0. The summed E-state index contributed by atoms with van der Waals surface area (Å²) < 4.78 is 38.3. The number of nitro groups is 1. The Morgan fingerprint density at radius 1 is 1.22 bits per heavy atom. The van der Waals surface area contributed by atoms with E-state index in [9.17, 15) is 38.0 Å². The minimum absolute atomic E-state index is 0.271. The molecule has 0 radical (unpaired) electrons. The van der Waals surface area contributed by atoms with Gasteiger partial charge in [0.1, 0.15) is 11.1 Å². The molecular weight excluding hydrogens is 369 g/mol. The van der Waals surface area contributed by atoms with E-state index >= 15 is 0 Å². The highest BCUT2D eigenvalue weighted by molar-refractivity contribution is 6.01. The van der Waals surface area contributed by atoms with Crippen molar-refractivity contribution in [2.75, 3.05) is 0 Å². The second-order valence-corrected chi connectivity index (χ2v) is 6.78. The number of benzene rings is 1. The number of nitrogens with zero attached hydrogens (tertiary/aromatic N) is 1. The molecule has 0 unspecified atom stereocenters. The maximum atomic E-state index is 12.8. The van der Waals surface area contributed by atoms with Crippen LogP contribution in [0, 0.1) is 16.0 Å². The number of alkyl halides is 3. The largest absolute Gasteiger partial charge is 0.480 e. The maximum Gasteiger partial charge on any atom is 0.416 e. The molecule has 1 aromatic rings. The highest BCUT2D eigenvalue weighted by atomic mass is 19.4. The van der Waals surface area contributed by atoms with Crippen LogP contribution in [0.15, 0.2) is 18.2 Å². The lowest BCUT2D eigenvalue weighted by Crippen LogP contribution is -2.57. The molecule has 27 heavy (non-hydrogen) atoms. The molecule has 1 aliphatic rings. The average molecular weight is 388 g/mol. The van der Waals surface area contributed by atoms with Gasteiger partial charge in [0, 0.05) is 6.07 Å². The van der Waals surface area contributed by atoms with Crippen LogP contribution in [0.3, 0.4) is 0 Å². The van der Waals surface area contributed by atoms with Crippen molar-refractivity contribution in [1.29, 1.82) is 0 Å². The van der Waals surface area contributed by atoms with Crippen LogP contribution in [0.4, 0.5) is 18.9 Å². The lowest BCUT2D eigenvalue weighted by Gasteiger charge is -2.37. The highest BCUT2D eigenvalue weighted by Crippen LogP contribution is 2.35. The molecule has 0 spiro atoms. The third-order valence-electron chi connectivity index (χ3n) is 5.01. The molecule has 0 heterocycles. The van der Waals surface area contributed by atoms with Gasteiger partial charge >= 0.3 is 12.1 Å². The van der Waals surface area contributed by atoms with Gasteiger partial charge in [-0.25, -0.2) is 4.79 Å².